The maximum atomic E-state index is 5.41. The van der Waals surface area contributed by atoms with Crippen molar-refractivity contribution in [2.45, 2.75) is 13.8 Å². The minimum Gasteiger partial charge on any atom is -0.258 e. The third-order valence-electron chi connectivity index (χ3n) is 9.80. The number of hydrogen-bond donors (Lipinski definition) is 0. The molecule has 6 nitrogen and oxygen atoms in total. The number of rotatable bonds is 8. The van der Waals surface area contributed by atoms with Gasteiger partial charge in [-0.05, 0) is 25.5 Å². The van der Waals surface area contributed by atoms with E-state index in [0.29, 0.717) is 17.5 Å². The zero-order chi connectivity index (χ0) is 37.8. The molecule has 0 bridgehead atoms. The molecule has 0 atom stereocenters. The number of benzene rings is 6. The maximum Gasteiger partial charge on any atom is 0.164 e. The van der Waals surface area contributed by atoms with Gasteiger partial charge in [0.05, 0.1) is 22.8 Å². The highest BCUT2D eigenvalue weighted by Crippen LogP contribution is 2.38. The second kappa shape index (κ2) is 15.1. The molecule has 0 spiro atoms. The average Bonchev–Trinajstić information content (AvgIpc) is 3.27. The molecule has 9 aromatic rings. The van der Waals surface area contributed by atoms with Crippen LogP contribution in [0.3, 0.4) is 0 Å². The molecule has 0 fully saturated rings. The van der Waals surface area contributed by atoms with Crippen molar-refractivity contribution in [2.24, 2.45) is 0 Å². The van der Waals surface area contributed by atoms with E-state index < -0.39 is 0 Å². The predicted molar refractivity (Wildman–Crippen MR) is 226 cm³/mol. The van der Waals surface area contributed by atoms with E-state index in [9.17, 15) is 0 Å². The summed E-state index contributed by atoms with van der Waals surface area (Å²) in [4.78, 5) is 30.4. The molecule has 0 unspecified atom stereocenters. The highest BCUT2D eigenvalue weighted by atomic mass is 15.0. The normalized spacial score (nSPS) is 11.0. The van der Waals surface area contributed by atoms with Crippen LogP contribution in [0.4, 0.5) is 0 Å². The largest absolute Gasteiger partial charge is 0.258 e. The van der Waals surface area contributed by atoms with Gasteiger partial charge < -0.3 is 0 Å². The van der Waals surface area contributed by atoms with Crippen molar-refractivity contribution >= 4 is 0 Å². The van der Waals surface area contributed by atoms with Crippen molar-refractivity contribution in [1.82, 2.24) is 29.9 Å². The van der Waals surface area contributed by atoms with E-state index in [-0.39, 0.29) is 0 Å². The van der Waals surface area contributed by atoms with Crippen molar-refractivity contribution in [1.29, 1.82) is 0 Å². The van der Waals surface area contributed by atoms with Gasteiger partial charge >= 0.3 is 0 Å². The van der Waals surface area contributed by atoms with E-state index in [1.165, 1.54) is 0 Å². The summed E-state index contributed by atoms with van der Waals surface area (Å²) in [7, 11) is 0. The van der Waals surface area contributed by atoms with Crippen LogP contribution in [0.2, 0.25) is 0 Å². The number of hydrogen-bond acceptors (Lipinski definition) is 6. The Morgan fingerprint density at radius 3 is 0.929 bits per heavy atom. The minimum atomic E-state index is 0.585. The molecular formula is C50H36N6. The van der Waals surface area contributed by atoms with Gasteiger partial charge in [-0.1, -0.05) is 176 Å². The summed E-state index contributed by atoms with van der Waals surface area (Å²) >= 11 is 0. The van der Waals surface area contributed by atoms with Crippen LogP contribution < -0.4 is 0 Å². The van der Waals surface area contributed by atoms with Gasteiger partial charge in [0.1, 0.15) is 0 Å². The zero-order valence-electron chi connectivity index (χ0n) is 31.0. The Morgan fingerprint density at radius 2 is 0.554 bits per heavy atom. The smallest absolute Gasteiger partial charge is 0.164 e. The number of aryl methyl sites for hydroxylation is 2. The first-order chi connectivity index (χ1) is 27.6. The molecule has 56 heavy (non-hydrogen) atoms. The van der Waals surface area contributed by atoms with E-state index >= 15 is 0 Å². The molecular weight excluding hydrogens is 685 g/mol. The third-order valence-corrected chi connectivity index (χ3v) is 9.80. The van der Waals surface area contributed by atoms with Crippen LogP contribution in [-0.2, 0) is 0 Å². The van der Waals surface area contributed by atoms with Gasteiger partial charge in [-0.2, -0.15) is 0 Å². The second-order valence-electron chi connectivity index (χ2n) is 13.6. The molecule has 0 aliphatic rings. The van der Waals surface area contributed by atoms with Crippen LogP contribution in [0.1, 0.15) is 11.4 Å². The Morgan fingerprint density at radius 1 is 0.250 bits per heavy atom. The molecule has 266 valence electrons. The van der Waals surface area contributed by atoms with Crippen molar-refractivity contribution in [3.63, 3.8) is 0 Å². The fourth-order valence-electron chi connectivity index (χ4n) is 6.95. The first-order valence-corrected chi connectivity index (χ1v) is 18.6. The standard InChI is InChI=1S/C50H36N6/c1-33-23-32-43(34(2)51-33)35-24-28-41(29-25-35)49-54-48(40-21-13-6-14-22-40)55-50(56-49)42-30-26-39(27-31-42)47-46(38-19-11-5-12-20-38)52-44(36-15-7-3-8-16-36)45(53-47)37-17-9-4-10-18-37/h3-32H,1-2H3. The summed E-state index contributed by atoms with van der Waals surface area (Å²) in [6.45, 7) is 4.06. The van der Waals surface area contributed by atoms with Gasteiger partial charge in [0.2, 0.25) is 0 Å². The van der Waals surface area contributed by atoms with Gasteiger partial charge in [-0.3, -0.25) is 4.98 Å². The second-order valence-corrected chi connectivity index (χ2v) is 13.6. The van der Waals surface area contributed by atoms with Crippen LogP contribution in [0.15, 0.2) is 182 Å². The summed E-state index contributed by atoms with van der Waals surface area (Å²) < 4.78 is 0. The van der Waals surface area contributed by atoms with Crippen LogP contribution in [-0.4, -0.2) is 29.9 Å². The first kappa shape index (κ1) is 34.3. The van der Waals surface area contributed by atoms with E-state index in [1.54, 1.807) is 0 Å². The molecule has 9 rings (SSSR count). The molecule has 0 N–H and O–H groups in total. The first-order valence-electron chi connectivity index (χ1n) is 18.6. The maximum absolute atomic E-state index is 5.41. The lowest BCUT2D eigenvalue weighted by Gasteiger charge is -2.16. The minimum absolute atomic E-state index is 0.585. The molecule has 6 heteroatoms. The van der Waals surface area contributed by atoms with Crippen LogP contribution in [0, 0.1) is 13.8 Å². The Balaban J connectivity index is 1.15. The van der Waals surface area contributed by atoms with Gasteiger partial charge in [0.25, 0.3) is 0 Å². The fourth-order valence-corrected chi connectivity index (χ4v) is 6.95. The van der Waals surface area contributed by atoms with Crippen LogP contribution in [0.5, 0.6) is 0 Å². The highest BCUT2D eigenvalue weighted by molar-refractivity contribution is 5.87. The highest BCUT2D eigenvalue weighted by Gasteiger charge is 2.20. The van der Waals surface area contributed by atoms with Gasteiger partial charge in [0.15, 0.2) is 17.5 Å². The Kier molecular flexibility index (Phi) is 9.27. The quantitative estimate of drug-likeness (QED) is 0.155. The molecule has 3 aromatic heterocycles. The fraction of sp³-hybridized carbons (Fsp3) is 0.0400. The molecule has 0 saturated carbocycles. The Labute approximate surface area is 326 Å². The van der Waals surface area contributed by atoms with Gasteiger partial charge in [-0.25, -0.2) is 24.9 Å². The summed E-state index contributed by atoms with van der Waals surface area (Å²) in [5.74, 6) is 1.80. The SMILES string of the molecule is Cc1ccc(-c2ccc(-c3nc(-c4ccccc4)nc(-c4ccc(-c5nc(-c6ccccc6)c(-c6ccccc6)nc5-c5ccccc5)cc4)n3)cc2)c(C)n1. The lowest BCUT2D eigenvalue weighted by molar-refractivity contribution is 1.07. The summed E-state index contributed by atoms with van der Waals surface area (Å²) in [6.07, 6.45) is 0. The molecule has 6 aromatic carbocycles. The monoisotopic (exact) mass is 720 g/mol. The van der Waals surface area contributed by atoms with Crippen LogP contribution >= 0.6 is 0 Å². The van der Waals surface area contributed by atoms with Gasteiger partial charge in [-0.15, -0.1) is 0 Å². The summed E-state index contributed by atoms with van der Waals surface area (Å²) in [5.41, 5.74) is 14.1. The number of pyridine rings is 1. The van der Waals surface area contributed by atoms with E-state index in [1.807, 2.05) is 105 Å². The predicted octanol–water partition coefficient (Wildman–Crippen LogP) is 12.0. The van der Waals surface area contributed by atoms with Crippen LogP contribution in [0.25, 0.3) is 90.3 Å². The summed E-state index contributed by atoms with van der Waals surface area (Å²) in [5, 5.41) is 0. The summed E-state index contributed by atoms with van der Waals surface area (Å²) in [6, 6.07) is 61.6. The number of aromatic nitrogens is 6. The van der Waals surface area contributed by atoms with E-state index in [2.05, 4.69) is 96.0 Å². The van der Waals surface area contributed by atoms with Crippen molar-refractivity contribution in [3.05, 3.63) is 193 Å². The molecule has 0 aliphatic carbocycles. The molecule has 0 saturated heterocycles. The number of nitrogens with zero attached hydrogens (tertiary/aromatic N) is 6. The van der Waals surface area contributed by atoms with Gasteiger partial charge in [0, 0.05) is 55.9 Å². The molecule has 3 heterocycles. The third kappa shape index (κ3) is 6.99. The molecule has 0 amide bonds. The van der Waals surface area contributed by atoms with Crippen molar-refractivity contribution in [3.8, 4) is 90.3 Å². The Hall–Kier alpha value is -7.44. The van der Waals surface area contributed by atoms with Crippen molar-refractivity contribution < 1.29 is 0 Å². The van der Waals surface area contributed by atoms with E-state index in [0.717, 1.165) is 84.2 Å². The lowest BCUT2D eigenvalue weighted by Crippen LogP contribution is -2.01. The zero-order valence-corrected chi connectivity index (χ0v) is 31.0. The topological polar surface area (TPSA) is 77.3 Å². The Bertz CT molecular complexity index is 2770. The molecule has 0 aliphatic heterocycles. The average molecular weight is 721 g/mol. The molecule has 0 radical (unpaired) electrons. The van der Waals surface area contributed by atoms with E-state index in [4.69, 9.17) is 24.9 Å². The lowest BCUT2D eigenvalue weighted by atomic mass is 9.99. The van der Waals surface area contributed by atoms with Crippen molar-refractivity contribution in [2.75, 3.05) is 0 Å².